The van der Waals surface area contributed by atoms with E-state index in [1.54, 1.807) is 11.1 Å². The third-order valence-electron chi connectivity index (χ3n) is 3.77. The lowest BCUT2D eigenvalue weighted by molar-refractivity contribution is -0.123. The first-order valence-corrected chi connectivity index (χ1v) is 8.33. The highest BCUT2D eigenvalue weighted by atomic mass is 79.9. The molecule has 0 radical (unpaired) electrons. The molecule has 3 rings (SSSR count). The maximum atomic E-state index is 12.4. The highest BCUT2D eigenvalue weighted by molar-refractivity contribution is 9.10. The molecule has 0 atom stereocenters. The molecule has 0 saturated heterocycles. The monoisotopic (exact) mass is 372 g/mol. The summed E-state index contributed by atoms with van der Waals surface area (Å²) in [4.78, 5) is 19.3. The highest BCUT2D eigenvalue weighted by Crippen LogP contribution is 2.26. The molecule has 4 nitrogen and oxygen atoms in total. The van der Waals surface area contributed by atoms with Crippen molar-refractivity contribution in [2.75, 3.05) is 18.1 Å². The second-order valence-corrected chi connectivity index (χ2v) is 6.16. The van der Waals surface area contributed by atoms with E-state index in [2.05, 4.69) is 27.2 Å². The Hall–Kier alpha value is -2.14. The molecule has 23 heavy (non-hydrogen) atoms. The number of benzene rings is 2. The van der Waals surface area contributed by atoms with Gasteiger partial charge in [0.25, 0.3) is 5.91 Å². The van der Waals surface area contributed by atoms with Gasteiger partial charge in [-0.3, -0.25) is 4.79 Å². The third-order valence-corrected chi connectivity index (χ3v) is 4.49. The van der Waals surface area contributed by atoms with Gasteiger partial charge in [0.2, 0.25) is 0 Å². The lowest BCUT2D eigenvalue weighted by atomic mass is 10.0. The van der Waals surface area contributed by atoms with Crippen molar-refractivity contribution in [3.63, 3.8) is 0 Å². The van der Waals surface area contributed by atoms with E-state index < -0.39 is 0 Å². The molecule has 1 aliphatic rings. The lowest BCUT2D eigenvalue weighted by Gasteiger charge is -2.28. The van der Waals surface area contributed by atoms with Gasteiger partial charge >= 0.3 is 0 Å². The first-order chi connectivity index (χ1) is 11.3. The average molecular weight is 373 g/mol. The Morgan fingerprint density at radius 1 is 1.22 bits per heavy atom. The Bertz CT molecular complexity index is 730. The summed E-state index contributed by atoms with van der Waals surface area (Å²) in [5.41, 5.74) is 3.11. The number of anilines is 1. The van der Waals surface area contributed by atoms with Gasteiger partial charge in [-0.15, -0.1) is 0 Å². The highest BCUT2D eigenvalue weighted by Gasteiger charge is 2.22. The number of carbonyl (C=O) groups is 1. The van der Waals surface area contributed by atoms with Crippen molar-refractivity contribution in [2.24, 2.45) is 5.16 Å². The Morgan fingerprint density at radius 2 is 2.00 bits per heavy atom. The number of fused-ring (bicyclic) bond motifs is 1. The molecule has 118 valence electrons. The van der Waals surface area contributed by atoms with Gasteiger partial charge in [0, 0.05) is 22.3 Å². The average Bonchev–Trinajstić information content (AvgIpc) is 2.59. The number of oxime groups is 1. The molecule has 5 heteroatoms. The quantitative estimate of drug-likeness (QED) is 0.605. The van der Waals surface area contributed by atoms with Gasteiger partial charge in [-0.2, -0.15) is 0 Å². The van der Waals surface area contributed by atoms with Gasteiger partial charge in [-0.1, -0.05) is 57.5 Å². The molecule has 1 aliphatic heterocycles. The summed E-state index contributed by atoms with van der Waals surface area (Å²) in [5.74, 6) is -0.0681. The zero-order valence-corrected chi connectivity index (χ0v) is 14.2. The number of rotatable bonds is 4. The number of carbonyl (C=O) groups excluding carboxylic acids is 1. The lowest BCUT2D eigenvalue weighted by Crippen LogP contribution is -2.37. The maximum absolute atomic E-state index is 12.4. The van der Waals surface area contributed by atoms with Crippen LogP contribution in [-0.4, -0.2) is 25.3 Å². The van der Waals surface area contributed by atoms with E-state index in [4.69, 9.17) is 4.84 Å². The standard InChI is InChI=1S/C18H17BrN2O2/c19-16-9-3-1-7-15(16)12-20-23-13-18(22)21-11-5-8-14-6-2-4-10-17(14)21/h1-4,6-7,9-10,12H,5,8,11,13H2/b20-12-. The molecule has 2 aromatic rings. The van der Waals surface area contributed by atoms with Gasteiger partial charge in [-0.25, -0.2) is 0 Å². The molecule has 0 fully saturated rings. The van der Waals surface area contributed by atoms with Gasteiger partial charge in [-0.05, 0) is 30.5 Å². The van der Waals surface area contributed by atoms with Crippen LogP contribution < -0.4 is 4.90 Å². The van der Waals surface area contributed by atoms with Crippen molar-refractivity contribution in [3.8, 4) is 0 Å². The fourth-order valence-electron chi connectivity index (χ4n) is 2.64. The Labute approximate surface area is 143 Å². The van der Waals surface area contributed by atoms with Crippen molar-refractivity contribution < 1.29 is 9.63 Å². The molecule has 0 aliphatic carbocycles. The Morgan fingerprint density at radius 3 is 2.87 bits per heavy atom. The van der Waals surface area contributed by atoms with Gasteiger partial charge in [0.15, 0.2) is 6.61 Å². The summed E-state index contributed by atoms with van der Waals surface area (Å²) in [6.45, 7) is 0.669. The maximum Gasteiger partial charge on any atom is 0.267 e. The van der Waals surface area contributed by atoms with Crippen molar-refractivity contribution in [3.05, 3.63) is 64.1 Å². The van der Waals surface area contributed by atoms with E-state index >= 15 is 0 Å². The van der Waals surface area contributed by atoms with Crippen LogP contribution in [0.25, 0.3) is 0 Å². The van der Waals surface area contributed by atoms with Crippen LogP contribution in [0.1, 0.15) is 17.5 Å². The van der Waals surface area contributed by atoms with Crippen LogP contribution in [0, 0.1) is 0 Å². The minimum Gasteiger partial charge on any atom is -0.386 e. The molecule has 0 unspecified atom stereocenters. The van der Waals surface area contributed by atoms with E-state index in [9.17, 15) is 4.79 Å². The van der Waals surface area contributed by atoms with E-state index in [-0.39, 0.29) is 12.5 Å². The largest absolute Gasteiger partial charge is 0.386 e. The third kappa shape index (κ3) is 3.79. The molecule has 0 aromatic heterocycles. The number of hydrogen-bond donors (Lipinski definition) is 0. The predicted octanol–water partition coefficient (Wildman–Crippen LogP) is 3.78. The molecule has 1 heterocycles. The van der Waals surface area contributed by atoms with E-state index in [0.717, 1.165) is 35.1 Å². The second kappa shape index (κ2) is 7.42. The molecule has 0 spiro atoms. The zero-order valence-electron chi connectivity index (χ0n) is 12.6. The molecule has 0 saturated carbocycles. The summed E-state index contributed by atoms with van der Waals surface area (Å²) in [6, 6.07) is 15.7. The number of aryl methyl sites for hydroxylation is 1. The summed E-state index contributed by atoms with van der Waals surface area (Å²) in [5, 5.41) is 3.89. The van der Waals surface area contributed by atoms with Crippen molar-refractivity contribution in [2.45, 2.75) is 12.8 Å². The number of hydrogen-bond acceptors (Lipinski definition) is 3. The smallest absolute Gasteiger partial charge is 0.267 e. The summed E-state index contributed by atoms with van der Waals surface area (Å²) in [7, 11) is 0. The van der Waals surface area contributed by atoms with Crippen LogP contribution in [0.4, 0.5) is 5.69 Å². The molecular formula is C18H17BrN2O2. The van der Waals surface area contributed by atoms with Crippen LogP contribution in [0.5, 0.6) is 0 Å². The number of halogens is 1. The second-order valence-electron chi connectivity index (χ2n) is 5.31. The first kappa shape index (κ1) is 15.7. The van der Waals surface area contributed by atoms with Crippen LogP contribution in [0.15, 0.2) is 58.2 Å². The SMILES string of the molecule is O=C(CO/N=C\c1ccccc1Br)N1CCCc2ccccc21. The topological polar surface area (TPSA) is 41.9 Å². The van der Waals surface area contributed by atoms with Gasteiger partial charge in [0.05, 0.1) is 6.21 Å². The van der Waals surface area contributed by atoms with Crippen LogP contribution >= 0.6 is 15.9 Å². The molecule has 0 N–H and O–H groups in total. The van der Waals surface area contributed by atoms with Crippen molar-refractivity contribution in [1.82, 2.24) is 0 Å². The van der Waals surface area contributed by atoms with E-state index in [1.165, 1.54) is 5.56 Å². The summed E-state index contributed by atoms with van der Waals surface area (Å²) < 4.78 is 0.934. The zero-order chi connectivity index (χ0) is 16.1. The van der Waals surface area contributed by atoms with E-state index in [1.807, 2.05) is 42.5 Å². The molecule has 0 bridgehead atoms. The fourth-order valence-corrected chi connectivity index (χ4v) is 3.02. The van der Waals surface area contributed by atoms with Crippen LogP contribution in [0.3, 0.4) is 0 Å². The first-order valence-electron chi connectivity index (χ1n) is 7.54. The van der Waals surface area contributed by atoms with Crippen molar-refractivity contribution >= 4 is 33.7 Å². The van der Waals surface area contributed by atoms with Gasteiger partial charge < -0.3 is 9.74 Å². The van der Waals surface area contributed by atoms with Gasteiger partial charge in [0.1, 0.15) is 0 Å². The Balaban J connectivity index is 1.59. The summed E-state index contributed by atoms with van der Waals surface area (Å²) >= 11 is 3.44. The summed E-state index contributed by atoms with van der Waals surface area (Å²) in [6.07, 6.45) is 3.59. The normalized spacial score (nSPS) is 13.9. The van der Waals surface area contributed by atoms with Crippen LogP contribution in [-0.2, 0) is 16.1 Å². The Kier molecular flexibility index (Phi) is 5.08. The minimum atomic E-state index is -0.0681. The van der Waals surface area contributed by atoms with Crippen LogP contribution in [0.2, 0.25) is 0 Å². The predicted molar refractivity (Wildman–Crippen MR) is 94.8 cm³/mol. The molecule has 1 amide bonds. The fraction of sp³-hybridized carbons (Fsp3) is 0.222. The number of amides is 1. The van der Waals surface area contributed by atoms with E-state index in [0.29, 0.717) is 0 Å². The number of para-hydroxylation sites is 1. The minimum absolute atomic E-state index is 0.0602. The van der Waals surface area contributed by atoms with Crippen molar-refractivity contribution in [1.29, 1.82) is 0 Å². The number of nitrogens with zero attached hydrogens (tertiary/aromatic N) is 2. The molecular weight excluding hydrogens is 356 g/mol. The molecule has 2 aromatic carbocycles.